The summed E-state index contributed by atoms with van der Waals surface area (Å²) in [5.41, 5.74) is 0. The fourth-order valence-electron chi connectivity index (χ4n) is 1.59. The van der Waals surface area contributed by atoms with Gasteiger partial charge in [0.25, 0.3) is 0 Å². The summed E-state index contributed by atoms with van der Waals surface area (Å²) >= 11 is 0. The molecular formula is C18H21NO. The van der Waals surface area contributed by atoms with E-state index in [-0.39, 0.29) is 0 Å². The van der Waals surface area contributed by atoms with Crippen LogP contribution >= 0.6 is 0 Å². The van der Waals surface area contributed by atoms with Crippen molar-refractivity contribution in [1.82, 2.24) is 5.32 Å². The standard InChI is InChI=1S/C10H8O.C6H6.C2H7N/c11-10-7-3-5-8-4-1-2-6-9(8)10;1-2-4-6-5-3-1;1-3-2/h1-7,11H;1-6H;3H,1-2H3. The minimum atomic E-state index is 0.350. The Morgan fingerprint density at radius 1 is 0.650 bits per heavy atom. The lowest BCUT2D eigenvalue weighted by atomic mass is 10.1. The molecule has 0 aliphatic carbocycles. The number of aromatic hydroxyl groups is 1. The van der Waals surface area contributed by atoms with Crippen molar-refractivity contribution in [2.45, 2.75) is 0 Å². The molecule has 0 saturated heterocycles. The summed E-state index contributed by atoms with van der Waals surface area (Å²) in [4.78, 5) is 0. The maximum atomic E-state index is 9.37. The van der Waals surface area contributed by atoms with Gasteiger partial charge in [-0.05, 0) is 25.5 Å². The van der Waals surface area contributed by atoms with Crippen LogP contribution in [0.5, 0.6) is 5.75 Å². The Kier molecular flexibility index (Phi) is 7.55. The van der Waals surface area contributed by atoms with E-state index < -0.39 is 0 Å². The van der Waals surface area contributed by atoms with Gasteiger partial charge in [-0.2, -0.15) is 0 Å². The molecule has 0 unspecified atom stereocenters. The van der Waals surface area contributed by atoms with Crippen molar-refractivity contribution in [2.75, 3.05) is 14.1 Å². The fraction of sp³-hybridized carbons (Fsp3) is 0.111. The number of hydrogen-bond acceptors (Lipinski definition) is 2. The molecule has 2 N–H and O–H groups in total. The topological polar surface area (TPSA) is 32.3 Å². The van der Waals surface area contributed by atoms with Gasteiger partial charge in [-0.3, -0.25) is 0 Å². The van der Waals surface area contributed by atoms with Crippen LogP contribution in [-0.2, 0) is 0 Å². The molecule has 0 radical (unpaired) electrons. The van der Waals surface area contributed by atoms with Crippen molar-refractivity contribution in [3.05, 3.63) is 78.9 Å². The monoisotopic (exact) mass is 267 g/mol. The van der Waals surface area contributed by atoms with Crippen LogP contribution in [0, 0.1) is 0 Å². The maximum Gasteiger partial charge on any atom is 0.123 e. The summed E-state index contributed by atoms with van der Waals surface area (Å²) in [6, 6.07) is 25.3. The van der Waals surface area contributed by atoms with E-state index in [9.17, 15) is 5.11 Å². The Hall–Kier alpha value is -2.32. The first-order valence-corrected chi connectivity index (χ1v) is 6.54. The number of hydrogen-bond donors (Lipinski definition) is 2. The van der Waals surface area contributed by atoms with Crippen molar-refractivity contribution < 1.29 is 5.11 Å². The molecule has 0 aromatic heterocycles. The van der Waals surface area contributed by atoms with Crippen LogP contribution in [0.3, 0.4) is 0 Å². The molecule has 0 fully saturated rings. The van der Waals surface area contributed by atoms with Crippen LogP contribution in [0.2, 0.25) is 0 Å². The van der Waals surface area contributed by atoms with Crippen LogP contribution in [0.4, 0.5) is 0 Å². The summed E-state index contributed by atoms with van der Waals surface area (Å²) in [7, 11) is 3.75. The quantitative estimate of drug-likeness (QED) is 0.643. The molecule has 3 aromatic carbocycles. The molecule has 3 rings (SSSR count). The third kappa shape index (κ3) is 5.55. The van der Waals surface area contributed by atoms with E-state index in [0.29, 0.717) is 5.75 Å². The van der Waals surface area contributed by atoms with Gasteiger partial charge in [-0.1, -0.05) is 72.8 Å². The lowest BCUT2D eigenvalue weighted by molar-refractivity contribution is 0.481. The van der Waals surface area contributed by atoms with Gasteiger partial charge in [0.1, 0.15) is 5.75 Å². The zero-order valence-corrected chi connectivity index (χ0v) is 12.0. The number of benzene rings is 3. The largest absolute Gasteiger partial charge is 0.507 e. The van der Waals surface area contributed by atoms with E-state index in [4.69, 9.17) is 0 Å². The predicted octanol–water partition coefficient (Wildman–Crippen LogP) is 4.07. The number of fused-ring (bicyclic) bond motifs is 1. The number of rotatable bonds is 0. The molecule has 0 saturated carbocycles. The van der Waals surface area contributed by atoms with Crippen LogP contribution in [0.25, 0.3) is 10.8 Å². The molecule has 0 bridgehead atoms. The molecule has 2 heteroatoms. The van der Waals surface area contributed by atoms with E-state index in [1.807, 2.05) is 86.9 Å². The summed E-state index contributed by atoms with van der Waals surface area (Å²) in [5.74, 6) is 0.350. The summed E-state index contributed by atoms with van der Waals surface area (Å²) in [6.07, 6.45) is 0. The Bertz CT molecular complexity index is 561. The van der Waals surface area contributed by atoms with Gasteiger partial charge in [0.05, 0.1) is 0 Å². The molecule has 104 valence electrons. The first-order chi connectivity index (χ1) is 9.79. The van der Waals surface area contributed by atoms with E-state index in [2.05, 4.69) is 5.32 Å². The van der Waals surface area contributed by atoms with Crippen molar-refractivity contribution in [3.8, 4) is 5.75 Å². The zero-order valence-electron chi connectivity index (χ0n) is 12.0. The van der Waals surface area contributed by atoms with Gasteiger partial charge < -0.3 is 10.4 Å². The van der Waals surface area contributed by atoms with Gasteiger partial charge in [0.2, 0.25) is 0 Å². The van der Waals surface area contributed by atoms with Crippen molar-refractivity contribution >= 4 is 10.8 Å². The van der Waals surface area contributed by atoms with E-state index in [0.717, 1.165) is 10.8 Å². The minimum Gasteiger partial charge on any atom is -0.507 e. The number of phenols is 1. The van der Waals surface area contributed by atoms with Crippen LogP contribution in [-0.4, -0.2) is 19.2 Å². The fourth-order valence-corrected chi connectivity index (χ4v) is 1.59. The summed E-state index contributed by atoms with van der Waals surface area (Å²) < 4.78 is 0. The Morgan fingerprint density at radius 3 is 1.60 bits per heavy atom. The highest BCUT2D eigenvalue weighted by Crippen LogP contribution is 2.22. The second-order valence-electron chi connectivity index (χ2n) is 4.15. The smallest absolute Gasteiger partial charge is 0.123 e. The Labute approximate surface area is 120 Å². The van der Waals surface area contributed by atoms with Gasteiger partial charge in [0.15, 0.2) is 0 Å². The molecule has 0 atom stereocenters. The van der Waals surface area contributed by atoms with Crippen molar-refractivity contribution in [2.24, 2.45) is 0 Å². The highest BCUT2D eigenvalue weighted by Gasteiger charge is 1.94. The first-order valence-electron chi connectivity index (χ1n) is 6.54. The summed E-state index contributed by atoms with van der Waals surface area (Å²) in [5, 5.41) is 14.1. The number of nitrogens with one attached hydrogen (secondary N) is 1. The highest BCUT2D eigenvalue weighted by atomic mass is 16.3. The lowest BCUT2D eigenvalue weighted by Crippen LogP contribution is -1.89. The average molecular weight is 267 g/mol. The van der Waals surface area contributed by atoms with Gasteiger partial charge in [-0.15, -0.1) is 0 Å². The number of phenolic OH excluding ortho intramolecular Hbond substituents is 1. The molecule has 0 spiro atoms. The lowest BCUT2D eigenvalue weighted by Gasteiger charge is -1.97. The third-order valence-corrected chi connectivity index (χ3v) is 2.43. The molecule has 0 amide bonds. The van der Waals surface area contributed by atoms with Gasteiger partial charge in [0, 0.05) is 5.39 Å². The van der Waals surface area contributed by atoms with E-state index in [1.165, 1.54) is 0 Å². The zero-order chi connectivity index (χ0) is 14.6. The SMILES string of the molecule is CNC.Oc1cccc2ccccc12.c1ccccc1. The Balaban J connectivity index is 0.000000188. The molecular weight excluding hydrogens is 246 g/mol. The van der Waals surface area contributed by atoms with Gasteiger partial charge in [-0.25, -0.2) is 0 Å². The highest BCUT2D eigenvalue weighted by molar-refractivity contribution is 5.87. The van der Waals surface area contributed by atoms with Crippen molar-refractivity contribution in [3.63, 3.8) is 0 Å². The van der Waals surface area contributed by atoms with E-state index in [1.54, 1.807) is 6.07 Å². The van der Waals surface area contributed by atoms with Crippen LogP contribution in [0.1, 0.15) is 0 Å². The molecule has 2 nitrogen and oxygen atoms in total. The maximum absolute atomic E-state index is 9.37. The molecule has 0 aliphatic heterocycles. The average Bonchev–Trinajstić information content (AvgIpc) is 2.51. The Morgan fingerprint density at radius 2 is 1.10 bits per heavy atom. The molecule has 0 aliphatic rings. The third-order valence-electron chi connectivity index (χ3n) is 2.43. The second-order valence-corrected chi connectivity index (χ2v) is 4.15. The minimum absolute atomic E-state index is 0.350. The van der Waals surface area contributed by atoms with E-state index >= 15 is 0 Å². The van der Waals surface area contributed by atoms with Crippen LogP contribution < -0.4 is 5.32 Å². The second kappa shape index (κ2) is 9.59. The molecule has 0 heterocycles. The van der Waals surface area contributed by atoms with Crippen LogP contribution in [0.15, 0.2) is 78.9 Å². The normalized spacial score (nSPS) is 8.90. The summed E-state index contributed by atoms with van der Waals surface area (Å²) in [6.45, 7) is 0. The molecule has 20 heavy (non-hydrogen) atoms. The first kappa shape index (κ1) is 15.7. The van der Waals surface area contributed by atoms with Gasteiger partial charge >= 0.3 is 0 Å². The molecule has 3 aromatic rings. The predicted molar refractivity (Wildman–Crippen MR) is 87.0 cm³/mol. The van der Waals surface area contributed by atoms with Crippen molar-refractivity contribution in [1.29, 1.82) is 0 Å².